The van der Waals surface area contributed by atoms with Gasteiger partial charge in [-0.1, -0.05) is 48.5 Å². The number of carbonyl (C=O) groups is 4. The van der Waals surface area contributed by atoms with Crippen LogP contribution in [0.1, 0.15) is 42.7 Å². The van der Waals surface area contributed by atoms with E-state index in [0.29, 0.717) is 12.8 Å². The van der Waals surface area contributed by atoms with Crippen LogP contribution < -0.4 is 10.6 Å². The molecular weight excluding hydrogens is 440 g/mol. The van der Waals surface area contributed by atoms with Crippen LogP contribution in [0.15, 0.2) is 48.5 Å². The number of rotatable bonds is 9. The van der Waals surface area contributed by atoms with Gasteiger partial charge in [0.15, 0.2) is 0 Å². The third kappa shape index (κ3) is 4.73. The van der Waals surface area contributed by atoms with Gasteiger partial charge >= 0.3 is 18.0 Å². The SMILES string of the molecule is COC(=O)CC[C@@H](NC(=O)C1(NC(=O)OCC2c3ccccc3-c3ccccc32)CC1)C(=O)O. The summed E-state index contributed by atoms with van der Waals surface area (Å²) in [6, 6.07) is 14.7. The lowest BCUT2D eigenvalue weighted by Gasteiger charge is -2.21. The second kappa shape index (κ2) is 9.54. The Balaban J connectivity index is 1.35. The number of hydrogen-bond donors (Lipinski definition) is 3. The van der Waals surface area contributed by atoms with Gasteiger partial charge in [0.05, 0.1) is 7.11 Å². The number of alkyl carbamates (subject to hydrolysis) is 1. The fourth-order valence-corrected chi connectivity index (χ4v) is 4.28. The van der Waals surface area contributed by atoms with E-state index in [1.165, 1.54) is 7.11 Å². The zero-order valence-corrected chi connectivity index (χ0v) is 18.7. The smallest absolute Gasteiger partial charge is 0.408 e. The highest BCUT2D eigenvalue weighted by Gasteiger charge is 2.52. The molecule has 0 unspecified atom stereocenters. The number of carbonyl (C=O) groups excluding carboxylic acids is 3. The van der Waals surface area contributed by atoms with Crippen LogP contribution in [0, 0.1) is 0 Å². The average Bonchev–Trinajstić information content (AvgIpc) is 3.55. The molecule has 9 nitrogen and oxygen atoms in total. The van der Waals surface area contributed by atoms with Crippen molar-refractivity contribution in [2.24, 2.45) is 0 Å². The molecule has 0 heterocycles. The molecule has 2 aliphatic carbocycles. The Morgan fingerprint density at radius 3 is 2.15 bits per heavy atom. The topological polar surface area (TPSA) is 131 Å². The van der Waals surface area contributed by atoms with Crippen molar-refractivity contribution in [3.05, 3.63) is 59.7 Å². The molecule has 1 fully saturated rings. The summed E-state index contributed by atoms with van der Waals surface area (Å²) in [6.07, 6.45) is -0.274. The molecule has 178 valence electrons. The van der Waals surface area contributed by atoms with E-state index in [9.17, 15) is 24.3 Å². The van der Waals surface area contributed by atoms with Crippen LogP contribution >= 0.6 is 0 Å². The Labute approximate surface area is 196 Å². The minimum Gasteiger partial charge on any atom is -0.480 e. The summed E-state index contributed by atoms with van der Waals surface area (Å²) in [5.41, 5.74) is 3.16. The second-order valence-electron chi connectivity index (χ2n) is 8.51. The first-order valence-electron chi connectivity index (χ1n) is 11.1. The number of hydrogen-bond acceptors (Lipinski definition) is 6. The highest BCUT2D eigenvalue weighted by molar-refractivity contribution is 5.95. The van der Waals surface area contributed by atoms with Gasteiger partial charge in [0, 0.05) is 12.3 Å². The lowest BCUT2D eigenvalue weighted by Crippen LogP contribution is -2.53. The molecule has 0 aliphatic heterocycles. The highest BCUT2D eigenvalue weighted by Crippen LogP contribution is 2.44. The number of methoxy groups -OCH3 is 1. The third-order valence-corrected chi connectivity index (χ3v) is 6.34. The number of carboxylic acid groups (broad SMARTS) is 1. The fourth-order valence-electron chi connectivity index (χ4n) is 4.28. The van der Waals surface area contributed by atoms with E-state index >= 15 is 0 Å². The molecule has 2 amide bonds. The molecule has 2 aromatic rings. The number of esters is 1. The van der Waals surface area contributed by atoms with Gasteiger partial charge in [0.25, 0.3) is 0 Å². The number of fused-ring (bicyclic) bond motifs is 3. The lowest BCUT2D eigenvalue weighted by molar-refractivity contribution is -0.144. The molecule has 1 atom stereocenters. The normalized spacial score (nSPS) is 15.9. The van der Waals surface area contributed by atoms with Crippen LogP contribution in [0.5, 0.6) is 0 Å². The largest absolute Gasteiger partial charge is 0.480 e. The van der Waals surface area contributed by atoms with Crippen molar-refractivity contribution >= 4 is 23.9 Å². The van der Waals surface area contributed by atoms with E-state index in [4.69, 9.17) is 4.74 Å². The monoisotopic (exact) mass is 466 g/mol. The number of carboxylic acids is 1. The van der Waals surface area contributed by atoms with Crippen molar-refractivity contribution < 1.29 is 33.8 Å². The van der Waals surface area contributed by atoms with Gasteiger partial charge in [-0.05, 0) is 41.5 Å². The fraction of sp³-hybridized carbons (Fsp3) is 0.360. The predicted molar refractivity (Wildman–Crippen MR) is 121 cm³/mol. The number of amides is 2. The summed E-state index contributed by atoms with van der Waals surface area (Å²) < 4.78 is 10.0. The van der Waals surface area contributed by atoms with Crippen LogP contribution in [0.3, 0.4) is 0 Å². The summed E-state index contributed by atoms with van der Waals surface area (Å²) in [6.45, 7) is 0.106. The van der Waals surface area contributed by atoms with E-state index in [2.05, 4.69) is 15.4 Å². The summed E-state index contributed by atoms with van der Waals surface area (Å²) in [4.78, 5) is 48.1. The first-order chi connectivity index (χ1) is 16.3. The molecule has 0 radical (unpaired) electrons. The van der Waals surface area contributed by atoms with Crippen molar-refractivity contribution in [1.82, 2.24) is 10.6 Å². The Hall–Kier alpha value is -3.88. The lowest BCUT2D eigenvalue weighted by atomic mass is 9.98. The van der Waals surface area contributed by atoms with Crippen LogP contribution in [0.2, 0.25) is 0 Å². The summed E-state index contributed by atoms with van der Waals surface area (Å²) in [5, 5.41) is 14.4. The van der Waals surface area contributed by atoms with Gasteiger partial charge in [-0.25, -0.2) is 9.59 Å². The quantitative estimate of drug-likeness (QED) is 0.484. The van der Waals surface area contributed by atoms with Gasteiger partial charge in [-0.15, -0.1) is 0 Å². The number of benzene rings is 2. The van der Waals surface area contributed by atoms with Gasteiger partial charge < -0.3 is 25.2 Å². The molecule has 3 N–H and O–H groups in total. The summed E-state index contributed by atoms with van der Waals surface area (Å²) in [5.74, 6) is -2.57. The van der Waals surface area contributed by atoms with Crippen molar-refractivity contribution in [2.75, 3.05) is 13.7 Å². The second-order valence-corrected chi connectivity index (χ2v) is 8.51. The van der Waals surface area contributed by atoms with E-state index in [-0.39, 0.29) is 25.4 Å². The average molecular weight is 466 g/mol. The Morgan fingerprint density at radius 1 is 1.03 bits per heavy atom. The Morgan fingerprint density at radius 2 is 1.62 bits per heavy atom. The molecule has 2 aliphatic rings. The maximum absolute atomic E-state index is 12.7. The van der Waals surface area contributed by atoms with E-state index < -0.39 is 35.5 Å². The van der Waals surface area contributed by atoms with Crippen molar-refractivity contribution in [2.45, 2.75) is 43.2 Å². The Kier molecular flexibility index (Phi) is 6.54. The minimum absolute atomic E-state index is 0.106. The molecule has 0 bridgehead atoms. The molecule has 4 rings (SSSR count). The zero-order chi connectivity index (χ0) is 24.3. The molecule has 2 aromatic carbocycles. The highest BCUT2D eigenvalue weighted by atomic mass is 16.5. The molecule has 0 spiro atoms. The maximum atomic E-state index is 12.7. The van der Waals surface area contributed by atoms with Gasteiger partial charge in [0.1, 0.15) is 18.2 Å². The number of nitrogens with one attached hydrogen (secondary N) is 2. The standard InChI is InChI=1S/C25H26N2O7/c1-33-21(28)11-10-20(22(29)30)26-23(31)25(12-13-25)27-24(32)34-14-19-17-8-4-2-6-15(17)16-7-3-5-9-18(16)19/h2-9,19-20H,10-14H2,1H3,(H,26,31)(H,27,32)(H,29,30)/t20-/m1/s1. The third-order valence-electron chi connectivity index (χ3n) is 6.34. The van der Waals surface area contributed by atoms with Crippen molar-refractivity contribution in [3.8, 4) is 11.1 Å². The molecule has 1 saturated carbocycles. The zero-order valence-electron chi connectivity index (χ0n) is 18.7. The van der Waals surface area contributed by atoms with E-state index in [1.54, 1.807) is 0 Å². The van der Waals surface area contributed by atoms with Gasteiger partial charge in [-0.3, -0.25) is 9.59 Å². The molecule has 34 heavy (non-hydrogen) atoms. The maximum Gasteiger partial charge on any atom is 0.408 e. The van der Waals surface area contributed by atoms with E-state index in [0.717, 1.165) is 22.3 Å². The molecule has 9 heteroatoms. The van der Waals surface area contributed by atoms with Gasteiger partial charge in [0.2, 0.25) is 5.91 Å². The van der Waals surface area contributed by atoms with Crippen LogP contribution in [-0.4, -0.2) is 54.3 Å². The first kappa shape index (κ1) is 23.3. The summed E-state index contributed by atoms with van der Waals surface area (Å²) >= 11 is 0. The number of aliphatic carboxylic acids is 1. The number of ether oxygens (including phenoxy) is 2. The molecule has 0 saturated heterocycles. The van der Waals surface area contributed by atoms with E-state index in [1.807, 2.05) is 48.5 Å². The van der Waals surface area contributed by atoms with Crippen LogP contribution in [0.25, 0.3) is 11.1 Å². The van der Waals surface area contributed by atoms with Gasteiger partial charge in [-0.2, -0.15) is 0 Å². The van der Waals surface area contributed by atoms with Crippen molar-refractivity contribution in [3.63, 3.8) is 0 Å². The first-order valence-corrected chi connectivity index (χ1v) is 11.1. The van der Waals surface area contributed by atoms with Crippen molar-refractivity contribution in [1.29, 1.82) is 0 Å². The minimum atomic E-state index is -1.27. The molecule has 0 aromatic heterocycles. The Bertz CT molecular complexity index is 1080. The summed E-state index contributed by atoms with van der Waals surface area (Å²) in [7, 11) is 1.20. The van der Waals surface area contributed by atoms with Crippen LogP contribution in [0.4, 0.5) is 4.79 Å². The molecular formula is C25H26N2O7. The van der Waals surface area contributed by atoms with Crippen LogP contribution in [-0.2, 0) is 23.9 Å². The predicted octanol–water partition coefficient (Wildman–Crippen LogP) is 2.58.